The van der Waals surface area contributed by atoms with Crippen LogP contribution in [0.2, 0.25) is 0 Å². The average molecular weight is 791 g/mol. The molecule has 1 heterocycles. The first-order valence-corrected chi connectivity index (χ1v) is 25.1. The van der Waals surface area contributed by atoms with Gasteiger partial charge >= 0.3 is 11.9 Å². The van der Waals surface area contributed by atoms with Crippen LogP contribution in [0.1, 0.15) is 246 Å². The molecule has 1 rings (SSSR count). The van der Waals surface area contributed by atoms with E-state index in [1.54, 1.807) is 0 Å². The highest BCUT2D eigenvalue weighted by atomic mass is 16.5. The molecule has 0 bridgehead atoms. The molecule has 0 amide bonds. The number of likely N-dealkylation sites (tertiary alicyclic amines) is 1. The summed E-state index contributed by atoms with van der Waals surface area (Å²) in [6.07, 6.45) is 41.0. The molecule has 0 aromatic carbocycles. The van der Waals surface area contributed by atoms with Crippen LogP contribution in [0, 0.1) is 17.8 Å². The van der Waals surface area contributed by atoms with Gasteiger partial charge in [0.1, 0.15) is 0 Å². The smallest absolute Gasteiger partial charge is 0.306 e. The van der Waals surface area contributed by atoms with Crippen LogP contribution in [-0.2, 0) is 19.1 Å². The zero-order valence-corrected chi connectivity index (χ0v) is 38.5. The van der Waals surface area contributed by atoms with E-state index in [-0.39, 0.29) is 11.9 Å². The Hall–Kier alpha value is -1.14. The zero-order chi connectivity index (χ0) is 40.7. The Kier molecular flexibility index (Phi) is 37.1. The fraction of sp³-hybridized carbons (Fsp3) is 0.960. The number of nitrogens with one attached hydrogen (secondary N) is 1. The van der Waals surface area contributed by atoms with Crippen LogP contribution >= 0.6 is 0 Å². The van der Waals surface area contributed by atoms with E-state index in [2.05, 4.69) is 45.0 Å². The lowest BCUT2D eigenvalue weighted by atomic mass is 9.92. The Morgan fingerprint density at radius 2 is 0.857 bits per heavy atom. The van der Waals surface area contributed by atoms with Crippen molar-refractivity contribution in [2.24, 2.45) is 17.8 Å². The summed E-state index contributed by atoms with van der Waals surface area (Å²) in [4.78, 5) is 27.5. The van der Waals surface area contributed by atoms with Gasteiger partial charge in [0.05, 0.1) is 13.2 Å². The van der Waals surface area contributed by atoms with Crippen LogP contribution in [0.5, 0.6) is 0 Å². The van der Waals surface area contributed by atoms with Gasteiger partial charge < -0.3 is 19.7 Å². The Morgan fingerprint density at radius 3 is 1.29 bits per heavy atom. The summed E-state index contributed by atoms with van der Waals surface area (Å²) in [5.41, 5.74) is 0. The predicted molar refractivity (Wildman–Crippen MR) is 241 cm³/mol. The molecule has 0 saturated carbocycles. The third-order valence-corrected chi connectivity index (χ3v) is 12.7. The van der Waals surface area contributed by atoms with Gasteiger partial charge in [-0.25, -0.2) is 0 Å². The van der Waals surface area contributed by atoms with Crippen molar-refractivity contribution in [3.63, 3.8) is 0 Å². The van der Waals surface area contributed by atoms with E-state index in [4.69, 9.17) is 9.47 Å². The lowest BCUT2D eigenvalue weighted by Gasteiger charge is -2.30. The van der Waals surface area contributed by atoms with Gasteiger partial charge in [0.2, 0.25) is 0 Å². The minimum atomic E-state index is 0.0349. The third-order valence-electron chi connectivity index (χ3n) is 12.7. The highest BCUT2D eigenvalue weighted by Gasteiger charge is 2.19. The Labute approximate surface area is 349 Å². The van der Waals surface area contributed by atoms with Gasteiger partial charge in [-0.05, 0) is 109 Å². The third kappa shape index (κ3) is 32.8. The Bertz CT molecular complexity index is 804. The molecule has 6 heteroatoms. The van der Waals surface area contributed by atoms with Crippen molar-refractivity contribution >= 4 is 11.9 Å². The molecular formula is C50H98N2O4. The van der Waals surface area contributed by atoms with E-state index in [0.717, 1.165) is 18.8 Å². The van der Waals surface area contributed by atoms with Crippen molar-refractivity contribution in [3.05, 3.63) is 0 Å². The van der Waals surface area contributed by atoms with Gasteiger partial charge in [-0.3, -0.25) is 9.59 Å². The van der Waals surface area contributed by atoms with Gasteiger partial charge in [-0.1, -0.05) is 169 Å². The number of rotatable bonds is 41. The fourth-order valence-electron chi connectivity index (χ4n) is 8.71. The predicted octanol–water partition coefficient (Wildman–Crippen LogP) is 14.2. The first-order valence-electron chi connectivity index (χ1n) is 25.1. The minimum Gasteiger partial charge on any atom is -0.466 e. The molecule has 1 fully saturated rings. The largest absolute Gasteiger partial charge is 0.466 e. The van der Waals surface area contributed by atoms with Gasteiger partial charge in [0, 0.05) is 18.9 Å². The van der Waals surface area contributed by atoms with Crippen molar-refractivity contribution in [2.45, 2.75) is 252 Å². The summed E-state index contributed by atoms with van der Waals surface area (Å²) in [5.74, 6) is 1.93. The molecule has 0 aromatic rings. The van der Waals surface area contributed by atoms with Crippen LogP contribution in [-0.4, -0.2) is 62.8 Å². The highest BCUT2D eigenvalue weighted by molar-refractivity contribution is 5.70. The van der Waals surface area contributed by atoms with Crippen LogP contribution < -0.4 is 5.32 Å². The van der Waals surface area contributed by atoms with Crippen LogP contribution in [0.15, 0.2) is 0 Å². The number of nitrogens with zero attached hydrogens (tertiary/aromatic N) is 1. The van der Waals surface area contributed by atoms with E-state index in [1.807, 2.05) is 0 Å². The van der Waals surface area contributed by atoms with Crippen molar-refractivity contribution in [1.82, 2.24) is 10.2 Å². The lowest BCUT2D eigenvalue weighted by molar-refractivity contribution is -0.146. The molecular weight excluding hydrogens is 693 g/mol. The minimum absolute atomic E-state index is 0.0349. The summed E-state index contributed by atoms with van der Waals surface area (Å²) < 4.78 is 11.4. The number of unbranched alkanes of at least 4 members (excludes halogenated alkanes) is 18. The van der Waals surface area contributed by atoms with E-state index < -0.39 is 0 Å². The summed E-state index contributed by atoms with van der Waals surface area (Å²) >= 11 is 0. The van der Waals surface area contributed by atoms with E-state index in [1.165, 1.54) is 212 Å². The molecule has 56 heavy (non-hydrogen) atoms. The molecule has 332 valence electrons. The number of esters is 2. The number of carbonyl (C=O) groups excluding carboxylic acids is 2. The fourth-order valence-corrected chi connectivity index (χ4v) is 8.71. The molecule has 0 spiro atoms. The van der Waals surface area contributed by atoms with E-state index >= 15 is 0 Å². The molecule has 1 aliphatic rings. The van der Waals surface area contributed by atoms with Crippen LogP contribution in [0.25, 0.3) is 0 Å². The molecule has 0 radical (unpaired) electrons. The molecule has 2 unspecified atom stereocenters. The van der Waals surface area contributed by atoms with Crippen molar-refractivity contribution < 1.29 is 19.1 Å². The second kappa shape index (κ2) is 39.3. The SMILES string of the molecule is CCCCCCC(CCCC)CC(=O)OCCCCCCCCC(CCCCCCCCOC(=O)CC(CCCC)CCCCCC)NCC1CCN(C)CC1. The molecule has 0 aliphatic carbocycles. The topological polar surface area (TPSA) is 67.9 Å². The second-order valence-electron chi connectivity index (χ2n) is 18.2. The molecule has 0 aromatic heterocycles. The maximum atomic E-state index is 12.5. The Morgan fingerprint density at radius 1 is 0.500 bits per heavy atom. The number of piperidine rings is 1. The number of hydrogen-bond donors (Lipinski definition) is 1. The quantitative estimate of drug-likeness (QED) is 0.0491. The monoisotopic (exact) mass is 791 g/mol. The maximum absolute atomic E-state index is 12.5. The molecule has 1 saturated heterocycles. The average Bonchev–Trinajstić information content (AvgIpc) is 3.19. The summed E-state index contributed by atoms with van der Waals surface area (Å²) in [6, 6.07) is 0.647. The van der Waals surface area contributed by atoms with Crippen molar-refractivity contribution in [3.8, 4) is 0 Å². The second-order valence-corrected chi connectivity index (χ2v) is 18.2. The normalized spacial score (nSPS) is 15.5. The lowest BCUT2D eigenvalue weighted by Crippen LogP contribution is -2.38. The van der Waals surface area contributed by atoms with Gasteiger partial charge in [0.15, 0.2) is 0 Å². The van der Waals surface area contributed by atoms with Crippen molar-refractivity contribution in [2.75, 3.05) is 39.9 Å². The molecule has 1 aliphatic heterocycles. The summed E-state index contributed by atoms with van der Waals surface area (Å²) in [7, 11) is 2.26. The van der Waals surface area contributed by atoms with E-state index in [0.29, 0.717) is 43.9 Å². The molecule has 1 N–H and O–H groups in total. The molecule has 6 nitrogen and oxygen atoms in total. The maximum Gasteiger partial charge on any atom is 0.306 e. The number of hydrogen-bond acceptors (Lipinski definition) is 6. The number of ether oxygens (including phenoxy) is 2. The standard InChI is InChI=1S/C50H98N2O4/c1-6-10-14-24-32-45(30-12-8-3)42-49(53)55-40-28-22-18-16-20-26-34-48(51-44-47-36-38-52(5)39-37-47)35-27-21-17-19-23-29-41-56-50(54)43-46(31-13-9-4)33-25-15-11-7-2/h45-48,51H,6-44H2,1-5H3. The van der Waals surface area contributed by atoms with Gasteiger partial charge in [-0.15, -0.1) is 0 Å². The van der Waals surface area contributed by atoms with Gasteiger partial charge in [0.25, 0.3) is 0 Å². The Balaban J connectivity index is 2.23. The van der Waals surface area contributed by atoms with Crippen LogP contribution in [0.4, 0.5) is 0 Å². The number of carbonyl (C=O) groups is 2. The molecule has 2 atom stereocenters. The summed E-state index contributed by atoms with van der Waals surface area (Å²) in [6.45, 7) is 13.9. The van der Waals surface area contributed by atoms with E-state index in [9.17, 15) is 9.59 Å². The van der Waals surface area contributed by atoms with Crippen molar-refractivity contribution in [1.29, 1.82) is 0 Å². The first kappa shape index (κ1) is 52.9. The van der Waals surface area contributed by atoms with Crippen LogP contribution in [0.3, 0.4) is 0 Å². The first-order chi connectivity index (χ1) is 27.4. The highest BCUT2D eigenvalue weighted by Crippen LogP contribution is 2.23. The van der Waals surface area contributed by atoms with Gasteiger partial charge in [-0.2, -0.15) is 0 Å². The zero-order valence-electron chi connectivity index (χ0n) is 38.5. The summed E-state index contributed by atoms with van der Waals surface area (Å²) in [5, 5.41) is 4.03.